The van der Waals surface area contributed by atoms with Gasteiger partial charge in [-0.3, -0.25) is 0 Å². The van der Waals surface area contributed by atoms with Crippen LogP contribution in [0.25, 0.3) is 0 Å². The molecule has 0 saturated carbocycles. The fourth-order valence-electron chi connectivity index (χ4n) is 1.44. The highest BCUT2D eigenvalue weighted by molar-refractivity contribution is 4.48. The van der Waals surface area contributed by atoms with Crippen molar-refractivity contribution in [3.8, 4) is 0 Å². The van der Waals surface area contributed by atoms with Crippen LogP contribution in [0.2, 0.25) is 0 Å². The van der Waals surface area contributed by atoms with Crippen molar-refractivity contribution in [2.24, 2.45) is 0 Å². The SMILES string of the molecule is CCCCCCCCNCCOCC. The van der Waals surface area contributed by atoms with Crippen LogP contribution in [0, 0.1) is 0 Å². The second kappa shape index (κ2) is 12.9. The van der Waals surface area contributed by atoms with Gasteiger partial charge >= 0.3 is 0 Å². The molecule has 0 amide bonds. The van der Waals surface area contributed by atoms with E-state index in [-0.39, 0.29) is 0 Å². The summed E-state index contributed by atoms with van der Waals surface area (Å²) in [6.45, 7) is 8.13. The number of hydrogen-bond donors (Lipinski definition) is 1. The van der Waals surface area contributed by atoms with Crippen molar-refractivity contribution >= 4 is 0 Å². The minimum atomic E-state index is 0.832. The highest BCUT2D eigenvalue weighted by atomic mass is 16.5. The molecular weight excluding hydrogens is 174 g/mol. The summed E-state index contributed by atoms with van der Waals surface area (Å²) in [7, 11) is 0. The normalized spacial score (nSPS) is 10.7. The first-order chi connectivity index (χ1) is 6.91. The average molecular weight is 201 g/mol. The third-order valence-corrected chi connectivity index (χ3v) is 2.33. The monoisotopic (exact) mass is 201 g/mol. The molecule has 0 heterocycles. The van der Waals surface area contributed by atoms with Crippen LogP contribution in [-0.2, 0) is 4.74 Å². The van der Waals surface area contributed by atoms with E-state index in [1.54, 1.807) is 0 Å². The molecule has 0 rings (SSSR count). The first-order valence-electron chi connectivity index (χ1n) is 6.20. The van der Waals surface area contributed by atoms with Crippen molar-refractivity contribution in [1.82, 2.24) is 5.32 Å². The summed E-state index contributed by atoms with van der Waals surface area (Å²) < 4.78 is 5.23. The Labute approximate surface area is 89.4 Å². The van der Waals surface area contributed by atoms with Gasteiger partial charge in [0, 0.05) is 13.2 Å². The molecule has 14 heavy (non-hydrogen) atoms. The predicted molar refractivity (Wildman–Crippen MR) is 62.7 cm³/mol. The molecule has 0 radical (unpaired) electrons. The van der Waals surface area contributed by atoms with Crippen LogP contribution in [0.4, 0.5) is 0 Å². The van der Waals surface area contributed by atoms with Crippen molar-refractivity contribution in [2.45, 2.75) is 52.4 Å². The number of ether oxygens (including phenoxy) is 1. The van der Waals surface area contributed by atoms with Gasteiger partial charge in [-0.2, -0.15) is 0 Å². The zero-order chi connectivity index (χ0) is 10.5. The highest BCUT2D eigenvalue weighted by Gasteiger charge is 1.90. The van der Waals surface area contributed by atoms with Gasteiger partial charge in [-0.1, -0.05) is 39.0 Å². The lowest BCUT2D eigenvalue weighted by molar-refractivity contribution is 0.149. The maximum Gasteiger partial charge on any atom is 0.0590 e. The van der Waals surface area contributed by atoms with Crippen molar-refractivity contribution in [3.05, 3.63) is 0 Å². The highest BCUT2D eigenvalue weighted by Crippen LogP contribution is 2.03. The lowest BCUT2D eigenvalue weighted by Crippen LogP contribution is -2.20. The summed E-state index contributed by atoms with van der Waals surface area (Å²) >= 11 is 0. The molecule has 0 fully saturated rings. The average Bonchev–Trinajstić information content (AvgIpc) is 2.21. The summed E-state index contributed by atoms with van der Waals surface area (Å²) in [4.78, 5) is 0. The Morgan fingerprint density at radius 3 is 2.29 bits per heavy atom. The second-order valence-corrected chi connectivity index (χ2v) is 3.71. The zero-order valence-corrected chi connectivity index (χ0v) is 9.98. The Hall–Kier alpha value is -0.0800. The molecule has 0 aromatic rings. The lowest BCUT2D eigenvalue weighted by Gasteiger charge is -2.04. The van der Waals surface area contributed by atoms with Gasteiger partial charge in [0.1, 0.15) is 0 Å². The summed E-state index contributed by atoms with van der Waals surface area (Å²) in [6.07, 6.45) is 8.25. The van der Waals surface area contributed by atoms with E-state index >= 15 is 0 Å². The Morgan fingerprint density at radius 2 is 1.57 bits per heavy atom. The molecule has 1 N–H and O–H groups in total. The summed E-state index contributed by atoms with van der Waals surface area (Å²) in [5, 5.41) is 3.39. The Morgan fingerprint density at radius 1 is 0.857 bits per heavy atom. The van der Waals surface area contributed by atoms with Crippen molar-refractivity contribution in [2.75, 3.05) is 26.3 Å². The second-order valence-electron chi connectivity index (χ2n) is 3.71. The maximum absolute atomic E-state index is 5.23. The molecular formula is C12H27NO. The van der Waals surface area contributed by atoms with Crippen molar-refractivity contribution in [3.63, 3.8) is 0 Å². The molecule has 0 bridgehead atoms. The minimum absolute atomic E-state index is 0.832. The van der Waals surface area contributed by atoms with Gasteiger partial charge < -0.3 is 10.1 Å². The van der Waals surface area contributed by atoms with Crippen molar-refractivity contribution < 1.29 is 4.74 Å². The van der Waals surface area contributed by atoms with Gasteiger partial charge in [-0.05, 0) is 19.9 Å². The van der Waals surface area contributed by atoms with E-state index in [4.69, 9.17) is 4.74 Å². The molecule has 86 valence electrons. The number of rotatable bonds is 11. The molecule has 0 aliphatic carbocycles. The Kier molecular flexibility index (Phi) is 12.8. The van der Waals surface area contributed by atoms with Gasteiger partial charge in [-0.25, -0.2) is 0 Å². The van der Waals surface area contributed by atoms with Gasteiger partial charge in [-0.15, -0.1) is 0 Å². The molecule has 0 aromatic carbocycles. The largest absolute Gasteiger partial charge is 0.380 e. The molecule has 2 heteroatoms. The first-order valence-corrected chi connectivity index (χ1v) is 6.20. The van der Waals surface area contributed by atoms with E-state index in [9.17, 15) is 0 Å². The molecule has 0 aliphatic heterocycles. The van der Waals surface area contributed by atoms with Crippen LogP contribution in [0.5, 0.6) is 0 Å². The quantitative estimate of drug-likeness (QED) is 0.519. The summed E-state index contributed by atoms with van der Waals surface area (Å²) in [5.41, 5.74) is 0. The van der Waals surface area contributed by atoms with E-state index in [1.807, 2.05) is 6.92 Å². The van der Waals surface area contributed by atoms with Gasteiger partial charge in [0.2, 0.25) is 0 Å². The van der Waals surface area contributed by atoms with E-state index in [2.05, 4.69) is 12.2 Å². The van der Waals surface area contributed by atoms with Crippen LogP contribution < -0.4 is 5.32 Å². The van der Waals surface area contributed by atoms with Gasteiger partial charge in [0.15, 0.2) is 0 Å². The predicted octanol–water partition coefficient (Wildman–Crippen LogP) is 2.97. The smallest absolute Gasteiger partial charge is 0.0590 e. The van der Waals surface area contributed by atoms with E-state index in [0.717, 1.165) is 26.3 Å². The fourth-order valence-corrected chi connectivity index (χ4v) is 1.44. The summed E-state index contributed by atoms with van der Waals surface area (Å²) in [5.74, 6) is 0. The van der Waals surface area contributed by atoms with Crippen LogP contribution in [-0.4, -0.2) is 26.3 Å². The number of nitrogens with one attached hydrogen (secondary N) is 1. The molecule has 2 nitrogen and oxygen atoms in total. The summed E-state index contributed by atoms with van der Waals surface area (Å²) in [6, 6.07) is 0. The Balaban J connectivity index is 2.78. The number of unbranched alkanes of at least 4 members (excludes halogenated alkanes) is 5. The first kappa shape index (κ1) is 13.9. The standard InChI is InChI=1S/C12H27NO/c1-3-5-6-7-8-9-10-13-11-12-14-4-2/h13H,3-12H2,1-2H3. The van der Waals surface area contributed by atoms with E-state index in [0.29, 0.717) is 0 Å². The molecule has 0 saturated heterocycles. The third kappa shape index (κ3) is 11.9. The van der Waals surface area contributed by atoms with Crippen LogP contribution in [0.3, 0.4) is 0 Å². The minimum Gasteiger partial charge on any atom is -0.380 e. The van der Waals surface area contributed by atoms with Crippen LogP contribution >= 0.6 is 0 Å². The van der Waals surface area contributed by atoms with Gasteiger partial charge in [0.05, 0.1) is 6.61 Å². The lowest BCUT2D eigenvalue weighted by atomic mass is 10.1. The molecule has 0 spiro atoms. The van der Waals surface area contributed by atoms with E-state index < -0.39 is 0 Å². The molecule has 0 aliphatic rings. The molecule has 0 unspecified atom stereocenters. The molecule has 0 aromatic heterocycles. The third-order valence-electron chi connectivity index (χ3n) is 2.33. The molecule has 0 atom stereocenters. The van der Waals surface area contributed by atoms with Crippen LogP contribution in [0.1, 0.15) is 52.4 Å². The van der Waals surface area contributed by atoms with Gasteiger partial charge in [0.25, 0.3) is 0 Å². The topological polar surface area (TPSA) is 21.3 Å². The van der Waals surface area contributed by atoms with Crippen molar-refractivity contribution in [1.29, 1.82) is 0 Å². The number of hydrogen-bond acceptors (Lipinski definition) is 2. The maximum atomic E-state index is 5.23. The van der Waals surface area contributed by atoms with E-state index in [1.165, 1.54) is 38.5 Å². The fraction of sp³-hybridized carbons (Fsp3) is 1.00. The zero-order valence-electron chi connectivity index (χ0n) is 9.98. The Bertz CT molecular complexity index is 84.3. The van der Waals surface area contributed by atoms with Crippen LogP contribution in [0.15, 0.2) is 0 Å².